The van der Waals surface area contributed by atoms with Crippen LogP contribution in [0.4, 0.5) is 4.39 Å². The average Bonchev–Trinajstić information content (AvgIpc) is 2.14. The van der Waals surface area contributed by atoms with Crippen molar-refractivity contribution in [1.29, 1.82) is 0 Å². The van der Waals surface area contributed by atoms with E-state index in [1.165, 1.54) is 0 Å². The number of ether oxygens (including phenoxy) is 1. The van der Waals surface area contributed by atoms with Gasteiger partial charge in [-0.1, -0.05) is 15.9 Å². The second-order valence-electron chi connectivity index (χ2n) is 3.26. The normalized spacial score (nSPS) is 10.3. The molecule has 0 bridgehead atoms. The Morgan fingerprint density at radius 1 is 1.29 bits per heavy atom. The minimum Gasteiger partial charge on any atom is -0.493 e. The molecule has 1 aromatic rings. The van der Waals surface area contributed by atoms with Crippen molar-refractivity contribution in [3.63, 3.8) is 0 Å². The van der Waals surface area contributed by atoms with Crippen LogP contribution < -0.4 is 4.74 Å². The van der Waals surface area contributed by atoms with Crippen molar-refractivity contribution in [2.75, 3.05) is 13.3 Å². The first-order chi connectivity index (χ1) is 6.65. The highest BCUT2D eigenvalue weighted by Gasteiger charge is 2.02. The van der Waals surface area contributed by atoms with Crippen LogP contribution in [-0.4, -0.2) is 13.3 Å². The molecule has 0 aliphatic heterocycles. The molecule has 0 unspecified atom stereocenters. The van der Waals surface area contributed by atoms with E-state index < -0.39 is 0 Å². The van der Waals surface area contributed by atoms with E-state index in [9.17, 15) is 4.39 Å². The van der Waals surface area contributed by atoms with Crippen molar-refractivity contribution >= 4 is 15.9 Å². The molecule has 78 valence electrons. The molecule has 14 heavy (non-hydrogen) atoms. The third kappa shape index (κ3) is 2.98. The van der Waals surface area contributed by atoms with Crippen molar-refractivity contribution in [2.24, 2.45) is 0 Å². The molecule has 0 spiro atoms. The van der Waals surface area contributed by atoms with E-state index in [0.717, 1.165) is 21.3 Å². The van der Waals surface area contributed by atoms with Crippen LogP contribution in [0.3, 0.4) is 0 Å². The molecule has 0 saturated carbocycles. The largest absolute Gasteiger partial charge is 0.493 e. The lowest BCUT2D eigenvalue weighted by Gasteiger charge is -2.09. The van der Waals surface area contributed by atoms with E-state index in [-0.39, 0.29) is 6.67 Å². The Hall–Kier alpha value is -0.570. The lowest BCUT2D eigenvalue weighted by molar-refractivity contribution is 0.289. The number of hydrogen-bond acceptors (Lipinski definition) is 1. The predicted molar refractivity (Wildman–Crippen MR) is 59.7 cm³/mol. The summed E-state index contributed by atoms with van der Waals surface area (Å²) in [7, 11) is 0. The molecule has 0 atom stereocenters. The average molecular weight is 261 g/mol. The Morgan fingerprint density at radius 2 is 1.86 bits per heavy atom. The molecule has 0 radical (unpaired) electrons. The molecule has 3 heteroatoms. The summed E-state index contributed by atoms with van der Waals surface area (Å²) in [4.78, 5) is 0. The zero-order chi connectivity index (χ0) is 10.6. The van der Waals surface area contributed by atoms with Crippen molar-refractivity contribution < 1.29 is 9.13 Å². The summed E-state index contributed by atoms with van der Waals surface area (Å²) in [5, 5.41) is 0. The third-order valence-electron chi connectivity index (χ3n) is 1.96. The van der Waals surface area contributed by atoms with E-state index in [2.05, 4.69) is 15.9 Å². The Balaban J connectivity index is 2.69. The van der Waals surface area contributed by atoms with E-state index in [1.807, 2.05) is 26.0 Å². The fraction of sp³-hybridized carbons (Fsp3) is 0.455. The molecular formula is C11H14BrFO. The van der Waals surface area contributed by atoms with Crippen LogP contribution in [0.2, 0.25) is 0 Å². The van der Waals surface area contributed by atoms with Crippen molar-refractivity contribution in [2.45, 2.75) is 20.3 Å². The standard InChI is InChI=1S/C11H14BrFO/c1-8-6-10(14-5-3-4-13)7-9(2)11(8)12/h6-7H,3-5H2,1-2H3. The second kappa shape index (κ2) is 5.35. The maximum Gasteiger partial charge on any atom is 0.119 e. The fourth-order valence-electron chi connectivity index (χ4n) is 1.23. The Bertz CT molecular complexity index is 289. The minimum absolute atomic E-state index is 0.325. The maximum atomic E-state index is 11.8. The summed E-state index contributed by atoms with van der Waals surface area (Å²) < 4.78 is 18.3. The Morgan fingerprint density at radius 3 is 2.36 bits per heavy atom. The number of halogens is 2. The molecule has 1 aromatic carbocycles. The number of benzene rings is 1. The van der Waals surface area contributed by atoms with Gasteiger partial charge < -0.3 is 4.74 Å². The Labute approximate surface area is 92.4 Å². The van der Waals surface area contributed by atoms with E-state index in [4.69, 9.17) is 4.74 Å². The molecule has 0 fully saturated rings. The Kier molecular flexibility index (Phi) is 4.39. The molecule has 0 N–H and O–H groups in total. The quantitative estimate of drug-likeness (QED) is 0.749. The van der Waals surface area contributed by atoms with E-state index >= 15 is 0 Å². The van der Waals surface area contributed by atoms with Gasteiger partial charge >= 0.3 is 0 Å². The van der Waals surface area contributed by atoms with Crippen LogP contribution in [-0.2, 0) is 0 Å². The summed E-state index contributed by atoms with van der Waals surface area (Å²) in [6, 6.07) is 3.91. The topological polar surface area (TPSA) is 9.23 Å². The van der Waals surface area contributed by atoms with Crippen molar-refractivity contribution in [1.82, 2.24) is 0 Å². The summed E-state index contributed by atoms with van der Waals surface area (Å²) >= 11 is 3.48. The van der Waals surface area contributed by atoms with Gasteiger partial charge in [0.2, 0.25) is 0 Å². The summed E-state index contributed by atoms with van der Waals surface area (Å²) in [6.07, 6.45) is 0.453. The van der Waals surface area contributed by atoms with Crippen molar-refractivity contribution in [3.8, 4) is 5.75 Å². The number of aryl methyl sites for hydroxylation is 2. The molecule has 0 saturated heterocycles. The van der Waals surface area contributed by atoms with Gasteiger partial charge in [0.1, 0.15) is 5.75 Å². The first kappa shape index (κ1) is 11.5. The molecule has 0 aliphatic rings. The van der Waals surface area contributed by atoms with Gasteiger partial charge in [0.05, 0.1) is 13.3 Å². The van der Waals surface area contributed by atoms with Gasteiger partial charge in [-0.25, -0.2) is 0 Å². The zero-order valence-corrected chi connectivity index (χ0v) is 10.0. The van der Waals surface area contributed by atoms with Gasteiger partial charge in [-0.2, -0.15) is 0 Å². The van der Waals surface area contributed by atoms with Crippen LogP contribution >= 0.6 is 15.9 Å². The van der Waals surface area contributed by atoms with Crippen molar-refractivity contribution in [3.05, 3.63) is 27.7 Å². The van der Waals surface area contributed by atoms with E-state index in [1.54, 1.807) is 0 Å². The minimum atomic E-state index is -0.325. The smallest absolute Gasteiger partial charge is 0.119 e. The zero-order valence-electron chi connectivity index (χ0n) is 8.44. The summed E-state index contributed by atoms with van der Waals surface area (Å²) in [5.41, 5.74) is 2.28. The van der Waals surface area contributed by atoms with Gasteiger partial charge in [0.15, 0.2) is 0 Å². The van der Waals surface area contributed by atoms with Crippen LogP contribution in [0.5, 0.6) is 5.75 Å². The predicted octanol–water partition coefficient (Wildman–Crippen LogP) is 3.80. The first-order valence-electron chi connectivity index (χ1n) is 4.60. The molecule has 0 heterocycles. The van der Waals surface area contributed by atoms with Gasteiger partial charge in [0, 0.05) is 10.9 Å². The molecular weight excluding hydrogens is 247 g/mol. The van der Waals surface area contributed by atoms with Gasteiger partial charge in [-0.15, -0.1) is 0 Å². The maximum absolute atomic E-state index is 11.8. The van der Waals surface area contributed by atoms with E-state index in [0.29, 0.717) is 13.0 Å². The molecule has 0 aromatic heterocycles. The highest BCUT2D eigenvalue weighted by Crippen LogP contribution is 2.26. The second-order valence-corrected chi connectivity index (χ2v) is 4.06. The van der Waals surface area contributed by atoms with Crippen LogP contribution in [0.15, 0.2) is 16.6 Å². The number of hydrogen-bond donors (Lipinski definition) is 0. The highest BCUT2D eigenvalue weighted by molar-refractivity contribution is 9.10. The summed E-state index contributed by atoms with van der Waals surface area (Å²) in [5.74, 6) is 0.816. The first-order valence-corrected chi connectivity index (χ1v) is 5.40. The fourth-order valence-corrected chi connectivity index (χ4v) is 1.46. The molecule has 0 amide bonds. The van der Waals surface area contributed by atoms with Crippen LogP contribution in [0.1, 0.15) is 17.5 Å². The lowest BCUT2D eigenvalue weighted by Crippen LogP contribution is -1.99. The van der Waals surface area contributed by atoms with Crippen LogP contribution in [0.25, 0.3) is 0 Å². The van der Waals surface area contributed by atoms with Gasteiger partial charge in [0.25, 0.3) is 0 Å². The molecule has 1 rings (SSSR count). The van der Waals surface area contributed by atoms with Gasteiger partial charge in [-0.05, 0) is 37.1 Å². The molecule has 0 aliphatic carbocycles. The monoisotopic (exact) mass is 260 g/mol. The number of alkyl halides is 1. The van der Waals surface area contributed by atoms with Crippen LogP contribution in [0, 0.1) is 13.8 Å². The third-order valence-corrected chi connectivity index (χ3v) is 3.21. The SMILES string of the molecule is Cc1cc(OCCCF)cc(C)c1Br. The van der Waals surface area contributed by atoms with Gasteiger partial charge in [-0.3, -0.25) is 4.39 Å². The lowest BCUT2D eigenvalue weighted by atomic mass is 10.1. The summed E-state index contributed by atoms with van der Waals surface area (Å²) in [6.45, 7) is 4.14. The highest BCUT2D eigenvalue weighted by atomic mass is 79.9. The number of rotatable bonds is 4. The molecule has 1 nitrogen and oxygen atoms in total.